The summed E-state index contributed by atoms with van der Waals surface area (Å²) in [7, 11) is -1.99. The summed E-state index contributed by atoms with van der Waals surface area (Å²) in [5.74, 6) is 0. The predicted octanol–water partition coefficient (Wildman–Crippen LogP) is 4.55. The van der Waals surface area contributed by atoms with E-state index in [4.69, 9.17) is 8.85 Å². The van der Waals surface area contributed by atoms with Gasteiger partial charge in [0, 0.05) is 23.7 Å². The summed E-state index contributed by atoms with van der Waals surface area (Å²) < 4.78 is 12.5. The SMILES string of the molecule is CCCO[Si](CBr)(OCCC)C1CCCCC1. The molecule has 0 heterocycles. The van der Waals surface area contributed by atoms with Gasteiger partial charge in [-0.05, 0) is 25.7 Å². The van der Waals surface area contributed by atoms with Crippen molar-refractivity contribution in [2.24, 2.45) is 0 Å². The molecule has 0 bridgehead atoms. The second-order valence-electron chi connectivity index (χ2n) is 4.98. The molecule has 102 valence electrons. The third kappa shape index (κ3) is 4.65. The van der Waals surface area contributed by atoms with Gasteiger partial charge in [-0.2, -0.15) is 0 Å². The average molecular weight is 323 g/mol. The smallest absolute Gasteiger partial charge is 0.352 e. The summed E-state index contributed by atoms with van der Waals surface area (Å²) in [6.45, 7) is 6.07. The minimum Gasteiger partial charge on any atom is -0.394 e. The van der Waals surface area contributed by atoms with E-state index >= 15 is 0 Å². The van der Waals surface area contributed by atoms with E-state index in [1.54, 1.807) is 0 Å². The van der Waals surface area contributed by atoms with Crippen molar-refractivity contribution in [3.8, 4) is 0 Å². The molecular formula is C13H27BrO2Si. The minimum atomic E-state index is -1.99. The van der Waals surface area contributed by atoms with Crippen molar-refractivity contribution in [3.05, 3.63) is 0 Å². The van der Waals surface area contributed by atoms with Crippen molar-refractivity contribution >= 4 is 24.5 Å². The molecule has 0 saturated heterocycles. The van der Waals surface area contributed by atoms with E-state index in [0.717, 1.165) is 31.0 Å². The highest BCUT2D eigenvalue weighted by Gasteiger charge is 2.45. The van der Waals surface area contributed by atoms with E-state index < -0.39 is 8.56 Å². The zero-order chi connectivity index (χ0) is 12.6. The Morgan fingerprint density at radius 3 is 1.94 bits per heavy atom. The Morgan fingerprint density at radius 1 is 1.00 bits per heavy atom. The van der Waals surface area contributed by atoms with Crippen LogP contribution in [0, 0.1) is 0 Å². The van der Waals surface area contributed by atoms with E-state index in [0.29, 0.717) is 5.54 Å². The first-order chi connectivity index (χ1) is 8.29. The number of alkyl halides is 1. The first-order valence-corrected chi connectivity index (χ1v) is 10.3. The molecule has 0 N–H and O–H groups in total. The molecule has 0 radical (unpaired) electrons. The van der Waals surface area contributed by atoms with Crippen LogP contribution in [0.15, 0.2) is 0 Å². The van der Waals surface area contributed by atoms with E-state index in [9.17, 15) is 0 Å². The molecule has 0 spiro atoms. The van der Waals surface area contributed by atoms with Gasteiger partial charge in [-0.1, -0.05) is 49.0 Å². The maximum absolute atomic E-state index is 6.24. The third-order valence-corrected chi connectivity index (χ3v) is 9.44. The van der Waals surface area contributed by atoms with Gasteiger partial charge in [0.25, 0.3) is 0 Å². The van der Waals surface area contributed by atoms with Gasteiger partial charge < -0.3 is 8.85 Å². The lowest BCUT2D eigenvalue weighted by Crippen LogP contribution is -2.50. The molecule has 17 heavy (non-hydrogen) atoms. The molecule has 1 fully saturated rings. The predicted molar refractivity (Wildman–Crippen MR) is 78.9 cm³/mol. The van der Waals surface area contributed by atoms with Gasteiger partial charge in [-0.25, -0.2) is 0 Å². The molecule has 1 rings (SSSR count). The second-order valence-corrected chi connectivity index (χ2v) is 9.94. The Hall–Kier alpha value is 0.617. The minimum absolute atomic E-state index is 0.703. The fraction of sp³-hybridized carbons (Fsp3) is 1.00. The number of hydrogen-bond acceptors (Lipinski definition) is 2. The van der Waals surface area contributed by atoms with Gasteiger partial charge in [-0.15, -0.1) is 0 Å². The van der Waals surface area contributed by atoms with Gasteiger partial charge in [0.05, 0.1) is 0 Å². The molecule has 0 amide bonds. The summed E-state index contributed by atoms with van der Waals surface area (Å²) in [5.41, 5.74) is 0.703. The van der Waals surface area contributed by atoms with Gasteiger partial charge in [0.1, 0.15) is 0 Å². The van der Waals surface area contributed by atoms with Crippen LogP contribution in [0.2, 0.25) is 5.54 Å². The summed E-state index contributed by atoms with van der Waals surface area (Å²) in [6, 6.07) is 0. The second kappa shape index (κ2) is 8.67. The first-order valence-electron chi connectivity index (χ1n) is 7.13. The van der Waals surface area contributed by atoms with Gasteiger partial charge >= 0.3 is 8.56 Å². The average Bonchev–Trinajstić information content (AvgIpc) is 2.41. The van der Waals surface area contributed by atoms with Crippen LogP contribution in [0.3, 0.4) is 0 Å². The largest absolute Gasteiger partial charge is 0.394 e. The molecule has 1 saturated carbocycles. The van der Waals surface area contributed by atoms with Crippen molar-refractivity contribution in [1.29, 1.82) is 0 Å². The highest BCUT2D eigenvalue weighted by atomic mass is 79.9. The summed E-state index contributed by atoms with van der Waals surface area (Å²) in [4.78, 5) is 0.935. The van der Waals surface area contributed by atoms with Crippen LogP contribution in [0.1, 0.15) is 58.8 Å². The van der Waals surface area contributed by atoms with Crippen LogP contribution in [0.5, 0.6) is 0 Å². The number of rotatable bonds is 8. The van der Waals surface area contributed by atoms with Crippen molar-refractivity contribution in [2.45, 2.75) is 64.3 Å². The molecule has 0 aromatic carbocycles. The highest BCUT2D eigenvalue weighted by molar-refractivity contribution is 9.09. The van der Waals surface area contributed by atoms with Crippen molar-refractivity contribution < 1.29 is 8.85 Å². The topological polar surface area (TPSA) is 18.5 Å². The zero-order valence-electron chi connectivity index (χ0n) is 11.3. The van der Waals surface area contributed by atoms with Gasteiger partial charge in [-0.3, -0.25) is 0 Å². The van der Waals surface area contributed by atoms with Crippen LogP contribution in [0.25, 0.3) is 0 Å². The highest BCUT2D eigenvalue weighted by Crippen LogP contribution is 2.39. The Labute approximate surface area is 116 Å². The maximum Gasteiger partial charge on any atom is 0.352 e. The lowest BCUT2D eigenvalue weighted by atomic mass is 10.0. The number of hydrogen-bond donors (Lipinski definition) is 0. The van der Waals surface area contributed by atoms with Gasteiger partial charge in [0.2, 0.25) is 0 Å². The molecule has 0 aromatic rings. The maximum atomic E-state index is 6.24. The monoisotopic (exact) mass is 322 g/mol. The van der Waals surface area contributed by atoms with Gasteiger partial charge in [0.15, 0.2) is 0 Å². The van der Waals surface area contributed by atoms with Crippen LogP contribution in [-0.4, -0.2) is 26.7 Å². The molecule has 1 aliphatic rings. The van der Waals surface area contributed by atoms with E-state index in [-0.39, 0.29) is 0 Å². The van der Waals surface area contributed by atoms with Crippen molar-refractivity contribution in [3.63, 3.8) is 0 Å². The Morgan fingerprint density at radius 2 is 1.53 bits per heavy atom. The van der Waals surface area contributed by atoms with E-state index in [1.165, 1.54) is 32.1 Å². The molecular weight excluding hydrogens is 296 g/mol. The van der Waals surface area contributed by atoms with Crippen molar-refractivity contribution in [1.82, 2.24) is 0 Å². The number of halogens is 1. The van der Waals surface area contributed by atoms with Crippen molar-refractivity contribution in [2.75, 3.05) is 18.2 Å². The first kappa shape index (κ1) is 15.7. The zero-order valence-corrected chi connectivity index (χ0v) is 13.9. The van der Waals surface area contributed by atoms with Crippen LogP contribution in [0.4, 0.5) is 0 Å². The molecule has 0 unspecified atom stereocenters. The van der Waals surface area contributed by atoms with E-state index in [2.05, 4.69) is 29.8 Å². The summed E-state index contributed by atoms with van der Waals surface area (Å²) in [6.07, 6.45) is 8.91. The summed E-state index contributed by atoms with van der Waals surface area (Å²) >= 11 is 3.68. The molecule has 4 heteroatoms. The van der Waals surface area contributed by atoms with Crippen LogP contribution in [-0.2, 0) is 8.85 Å². The van der Waals surface area contributed by atoms with Crippen LogP contribution < -0.4 is 0 Å². The Kier molecular flexibility index (Phi) is 8.00. The molecule has 1 aliphatic carbocycles. The summed E-state index contributed by atoms with van der Waals surface area (Å²) in [5, 5.41) is 0. The standard InChI is InChI=1S/C13H27BrO2Si/c1-3-10-15-17(12-14,16-11-4-2)13-8-6-5-7-9-13/h13H,3-12H2,1-2H3. The molecule has 2 nitrogen and oxygen atoms in total. The third-order valence-electron chi connectivity index (χ3n) is 3.51. The molecule has 0 aliphatic heterocycles. The van der Waals surface area contributed by atoms with E-state index in [1.807, 2.05) is 0 Å². The molecule has 0 atom stereocenters. The fourth-order valence-electron chi connectivity index (χ4n) is 2.56. The van der Waals surface area contributed by atoms with Crippen LogP contribution >= 0.6 is 15.9 Å². The molecule has 0 aromatic heterocycles. The Bertz CT molecular complexity index is 188. The lowest BCUT2D eigenvalue weighted by molar-refractivity contribution is 0.156. The normalized spacial score (nSPS) is 18.5. The quantitative estimate of drug-likeness (QED) is 0.482. The Balaban J connectivity index is 2.64. The lowest BCUT2D eigenvalue weighted by Gasteiger charge is -2.38. The fourth-order valence-corrected chi connectivity index (χ4v) is 8.21.